The molecule has 0 N–H and O–H groups in total. The third kappa shape index (κ3) is 4.45. The second-order valence-electron chi connectivity index (χ2n) is 7.42. The Morgan fingerprint density at radius 2 is 1.81 bits per heavy atom. The average Bonchev–Trinajstić information content (AvgIpc) is 3.18. The minimum atomic E-state index is 0.604. The molecule has 0 amide bonds. The van der Waals surface area contributed by atoms with E-state index in [9.17, 15) is 0 Å². The Labute approximate surface area is 160 Å². The molecule has 0 aliphatic carbocycles. The summed E-state index contributed by atoms with van der Waals surface area (Å²) in [6.07, 6.45) is 1.82. The highest BCUT2D eigenvalue weighted by molar-refractivity contribution is 5.55. The van der Waals surface area contributed by atoms with Gasteiger partial charge >= 0.3 is 0 Å². The van der Waals surface area contributed by atoms with Gasteiger partial charge < -0.3 is 14.2 Å². The molecule has 0 saturated carbocycles. The van der Waals surface area contributed by atoms with Gasteiger partial charge in [-0.3, -0.25) is 9.80 Å². The molecule has 2 aliphatic rings. The topological polar surface area (TPSA) is 70.8 Å². The Morgan fingerprint density at radius 3 is 2.48 bits per heavy atom. The molecule has 0 bridgehead atoms. The number of hydrogen-bond donors (Lipinski definition) is 0. The highest BCUT2D eigenvalue weighted by Crippen LogP contribution is 2.20. The number of aromatic nitrogens is 3. The Bertz CT molecular complexity index is 718. The molecule has 2 aromatic heterocycles. The zero-order valence-corrected chi connectivity index (χ0v) is 16.2. The number of rotatable bonds is 5. The smallest absolute Gasteiger partial charge is 0.241 e. The van der Waals surface area contributed by atoms with Crippen LogP contribution < -0.4 is 4.90 Å². The van der Waals surface area contributed by atoms with E-state index in [0.717, 1.165) is 63.9 Å². The van der Waals surface area contributed by atoms with Crippen molar-refractivity contribution in [2.75, 3.05) is 57.4 Å². The second kappa shape index (κ2) is 8.33. The van der Waals surface area contributed by atoms with Gasteiger partial charge in [0.25, 0.3) is 0 Å². The molecule has 4 heterocycles. The largest absolute Gasteiger partial charge is 0.378 e. The molecule has 2 aliphatic heterocycles. The van der Waals surface area contributed by atoms with Gasteiger partial charge in [-0.25, -0.2) is 4.98 Å². The molecular formula is C19H28N6O2. The van der Waals surface area contributed by atoms with Gasteiger partial charge in [0.2, 0.25) is 11.7 Å². The average molecular weight is 372 g/mol. The number of pyridine rings is 1. The molecular weight excluding hydrogens is 344 g/mol. The second-order valence-corrected chi connectivity index (χ2v) is 7.42. The molecule has 0 unspecified atom stereocenters. The minimum Gasteiger partial charge on any atom is -0.378 e. The highest BCUT2D eigenvalue weighted by atomic mass is 16.5. The number of ether oxygens (including phenoxy) is 1. The molecule has 8 heteroatoms. The van der Waals surface area contributed by atoms with Crippen molar-refractivity contribution in [3.05, 3.63) is 24.2 Å². The van der Waals surface area contributed by atoms with Crippen LogP contribution in [0.3, 0.4) is 0 Å². The van der Waals surface area contributed by atoms with Gasteiger partial charge in [-0.1, -0.05) is 5.16 Å². The Hall–Kier alpha value is -2.03. The van der Waals surface area contributed by atoms with Gasteiger partial charge in [-0.2, -0.15) is 4.98 Å². The summed E-state index contributed by atoms with van der Waals surface area (Å²) in [5.74, 6) is 2.24. The van der Waals surface area contributed by atoms with Crippen LogP contribution in [0.4, 0.5) is 5.82 Å². The maximum atomic E-state index is 5.47. The lowest BCUT2D eigenvalue weighted by atomic mass is 10.2. The summed E-state index contributed by atoms with van der Waals surface area (Å²) in [7, 11) is 0. The van der Waals surface area contributed by atoms with E-state index < -0.39 is 0 Å². The monoisotopic (exact) mass is 372 g/mol. The van der Waals surface area contributed by atoms with Gasteiger partial charge in [0.05, 0.1) is 19.8 Å². The fourth-order valence-corrected chi connectivity index (χ4v) is 3.56. The number of morpholine rings is 1. The summed E-state index contributed by atoms with van der Waals surface area (Å²) in [4.78, 5) is 16.2. The summed E-state index contributed by atoms with van der Waals surface area (Å²) in [5, 5.41) is 4.14. The summed E-state index contributed by atoms with van der Waals surface area (Å²) >= 11 is 0. The van der Waals surface area contributed by atoms with Crippen molar-refractivity contribution in [3.8, 4) is 11.4 Å². The molecule has 2 aromatic rings. The van der Waals surface area contributed by atoms with Crippen LogP contribution in [0.5, 0.6) is 0 Å². The van der Waals surface area contributed by atoms with Gasteiger partial charge in [0.15, 0.2) is 0 Å². The van der Waals surface area contributed by atoms with Crippen LogP contribution in [0, 0.1) is 0 Å². The van der Waals surface area contributed by atoms with E-state index in [-0.39, 0.29) is 0 Å². The molecule has 0 aromatic carbocycles. The van der Waals surface area contributed by atoms with Crippen LogP contribution in [0.25, 0.3) is 11.4 Å². The predicted octanol–water partition coefficient (Wildman–Crippen LogP) is 1.49. The first-order valence-electron chi connectivity index (χ1n) is 9.77. The maximum Gasteiger partial charge on any atom is 0.241 e. The van der Waals surface area contributed by atoms with Crippen LogP contribution in [0.2, 0.25) is 0 Å². The third-order valence-electron chi connectivity index (χ3n) is 5.31. The van der Waals surface area contributed by atoms with Crippen molar-refractivity contribution >= 4 is 5.82 Å². The van der Waals surface area contributed by atoms with Gasteiger partial charge in [-0.15, -0.1) is 0 Å². The molecule has 0 spiro atoms. The quantitative estimate of drug-likeness (QED) is 0.782. The molecule has 146 valence electrons. The first-order chi connectivity index (χ1) is 13.2. The summed E-state index contributed by atoms with van der Waals surface area (Å²) in [5.41, 5.74) is 0.881. The highest BCUT2D eigenvalue weighted by Gasteiger charge is 2.21. The van der Waals surface area contributed by atoms with Crippen LogP contribution in [0.15, 0.2) is 22.9 Å². The lowest BCUT2D eigenvalue weighted by Gasteiger charge is -2.36. The molecule has 27 heavy (non-hydrogen) atoms. The van der Waals surface area contributed by atoms with E-state index >= 15 is 0 Å². The summed E-state index contributed by atoms with van der Waals surface area (Å²) in [6, 6.07) is 4.63. The first-order valence-corrected chi connectivity index (χ1v) is 9.77. The van der Waals surface area contributed by atoms with E-state index in [1.54, 1.807) is 0 Å². The van der Waals surface area contributed by atoms with E-state index in [1.165, 1.54) is 0 Å². The molecule has 0 atom stereocenters. The van der Waals surface area contributed by atoms with Crippen molar-refractivity contribution in [2.24, 2.45) is 0 Å². The van der Waals surface area contributed by atoms with Crippen molar-refractivity contribution in [3.63, 3.8) is 0 Å². The molecule has 8 nitrogen and oxygen atoms in total. The van der Waals surface area contributed by atoms with Gasteiger partial charge in [0.1, 0.15) is 5.82 Å². The molecule has 0 radical (unpaired) electrons. The Balaban J connectivity index is 1.35. The van der Waals surface area contributed by atoms with Gasteiger partial charge in [-0.05, 0) is 26.0 Å². The van der Waals surface area contributed by atoms with Crippen molar-refractivity contribution in [1.82, 2.24) is 24.9 Å². The summed E-state index contributed by atoms with van der Waals surface area (Å²) in [6.45, 7) is 12.7. The number of hydrogen-bond acceptors (Lipinski definition) is 8. The predicted molar refractivity (Wildman–Crippen MR) is 103 cm³/mol. The molecule has 2 saturated heterocycles. The van der Waals surface area contributed by atoms with Crippen LogP contribution >= 0.6 is 0 Å². The van der Waals surface area contributed by atoms with Crippen molar-refractivity contribution < 1.29 is 9.26 Å². The van der Waals surface area contributed by atoms with Crippen molar-refractivity contribution in [2.45, 2.75) is 26.4 Å². The Morgan fingerprint density at radius 1 is 1.04 bits per heavy atom. The molecule has 2 fully saturated rings. The number of anilines is 1. The third-order valence-corrected chi connectivity index (χ3v) is 5.31. The van der Waals surface area contributed by atoms with E-state index in [0.29, 0.717) is 24.3 Å². The molecule has 4 rings (SSSR count). The first kappa shape index (κ1) is 18.3. The van der Waals surface area contributed by atoms with E-state index in [1.807, 2.05) is 18.3 Å². The van der Waals surface area contributed by atoms with Crippen LogP contribution in [0.1, 0.15) is 19.7 Å². The SMILES string of the molecule is CC(C)N1CCN(Cc2nc(-c3ccc(N4CCOCC4)nc3)no2)CC1. The number of nitrogens with zero attached hydrogens (tertiary/aromatic N) is 6. The lowest BCUT2D eigenvalue weighted by molar-refractivity contribution is 0.0960. The van der Waals surface area contributed by atoms with E-state index in [4.69, 9.17) is 9.26 Å². The van der Waals surface area contributed by atoms with Gasteiger partial charge in [0, 0.05) is 57.1 Å². The van der Waals surface area contributed by atoms with Crippen LogP contribution in [-0.4, -0.2) is 83.4 Å². The van der Waals surface area contributed by atoms with Crippen molar-refractivity contribution in [1.29, 1.82) is 0 Å². The summed E-state index contributed by atoms with van der Waals surface area (Å²) < 4.78 is 10.9. The maximum absolute atomic E-state index is 5.47. The zero-order valence-electron chi connectivity index (χ0n) is 16.2. The fourth-order valence-electron chi connectivity index (χ4n) is 3.56. The number of piperazine rings is 1. The fraction of sp³-hybridized carbons (Fsp3) is 0.632. The normalized spacial score (nSPS) is 19.7. The zero-order chi connectivity index (χ0) is 18.6. The van der Waals surface area contributed by atoms with Crippen LogP contribution in [-0.2, 0) is 11.3 Å². The Kier molecular flexibility index (Phi) is 5.66. The van der Waals surface area contributed by atoms with E-state index in [2.05, 4.69) is 43.7 Å². The minimum absolute atomic E-state index is 0.604. The lowest BCUT2D eigenvalue weighted by Crippen LogP contribution is -2.48. The standard InChI is InChI=1S/C19H28N6O2/c1-15(2)24-7-5-23(6-8-24)14-18-21-19(22-27-18)16-3-4-17(20-13-16)25-9-11-26-12-10-25/h3-4,13,15H,5-12,14H2,1-2H3.